The van der Waals surface area contributed by atoms with Gasteiger partial charge in [0.1, 0.15) is 22.8 Å². The molecule has 2 N–H and O–H groups in total. The van der Waals surface area contributed by atoms with Gasteiger partial charge in [-0.05, 0) is 55.8 Å². The molecule has 218 valence electrons. The molecule has 0 unspecified atom stereocenters. The Bertz CT molecular complexity index is 1740. The molecule has 0 aliphatic carbocycles. The first kappa shape index (κ1) is 28.6. The molecule has 11 heteroatoms. The van der Waals surface area contributed by atoms with Gasteiger partial charge < -0.3 is 29.5 Å². The van der Waals surface area contributed by atoms with Crippen molar-refractivity contribution < 1.29 is 24.1 Å². The minimum Gasteiger partial charge on any atom is -0.497 e. The maximum atomic E-state index is 13.2. The van der Waals surface area contributed by atoms with Gasteiger partial charge in [-0.3, -0.25) is 4.79 Å². The molecule has 0 saturated carbocycles. The highest BCUT2D eigenvalue weighted by molar-refractivity contribution is 5.96. The Labute approximate surface area is 243 Å². The zero-order valence-corrected chi connectivity index (χ0v) is 24.5. The Morgan fingerprint density at radius 1 is 0.976 bits per heavy atom. The van der Waals surface area contributed by atoms with Gasteiger partial charge in [0.2, 0.25) is 5.95 Å². The van der Waals surface area contributed by atoms with Gasteiger partial charge in [0.25, 0.3) is 5.91 Å². The molecule has 0 spiro atoms. The largest absolute Gasteiger partial charge is 0.497 e. The molecule has 1 amide bonds. The van der Waals surface area contributed by atoms with Crippen LogP contribution in [0.15, 0.2) is 60.7 Å². The second-order valence-corrected chi connectivity index (χ2v) is 10.4. The van der Waals surface area contributed by atoms with Crippen LogP contribution in [0.5, 0.6) is 17.2 Å². The lowest BCUT2D eigenvalue weighted by molar-refractivity contribution is 0.0765. The van der Waals surface area contributed by atoms with E-state index in [0.717, 1.165) is 16.5 Å². The lowest BCUT2D eigenvalue weighted by Crippen LogP contribution is -2.27. The van der Waals surface area contributed by atoms with Crippen molar-refractivity contribution in [1.29, 1.82) is 0 Å². The van der Waals surface area contributed by atoms with Gasteiger partial charge in [0, 0.05) is 36.2 Å². The van der Waals surface area contributed by atoms with E-state index in [9.17, 15) is 9.90 Å². The van der Waals surface area contributed by atoms with Crippen molar-refractivity contribution in [3.05, 3.63) is 83.2 Å². The standard InChI is InChI=1S/C31H34N6O5/c1-31(2,39)21-13-10-19(11-14-21)29(38)36(3)18-26-33-28-23-8-7-9-24(41-5)27(23)34-30(37(28)35-26)32-17-20-12-15-22(40-4)16-25(20)42-6/h7-16,39H,17-18H2,1-6H3,(H,32,34). The molecule has 2 aromatic heterocycles. The number of aliphatic hydroxyl groups is 1. The predicted octanol–water partition coefficient (Wildman–Crippen LogP) is 4.42. The zero-order valence-electron chi connectivity index (χ0n) is 24.5. The summed E-state index contributed by atoms with van der Waals surface area (Å²) in [4.78, 5) is 24.4. The number of methoxy groups -OCH3 is 3. The fraction of sp³-hybridized carbons (Fsp3) is 0.290. The predicted molar refractivity (Wildman–Crippen MR) is 159 cm³/mol. The van der Waals surface area contributed by atoms with E-state index in [1.165, 1.54) is 0 Å². The Kier molecular flexibility index (Phi) is 7.86. The summed E-state index contributed by atoms with van der Waals surface area (Å²) in [6.07, 6.45) is 0. The molecular formula is C31H34N6O5. The summed E-state index contributed by atoms with van der Waals surface area (Å²) in [6.45, 7) is 3.97. The van der Waals surface area contributed by atoms with Crippen LogP contribution in [0.4, 0.5) is 5.95 Å². The summed E-state index contributed by atoms with van der Waals surface area (Å²) in [5, 5.41) is 19.1. The minimum atomic E-state index is -0.988. The molecular weight excluding hydrogens is 536 g/mol. The third-order valence-electron chi connectivity index (χ3n) is 7.02. The number of ether oxygens (including phenoxy) is 3. The number of nitrogens with one attached hydrogen (secondary N) is 1. The molecule has 42 heavy (non-hydrogen) atoms. The van der Waals surface area contributed by atoms with Crippen LogP contribution in [0.25, 0.3) is 16.6 Å². The van der Waals surface area contributed by atoms with Gasteiger partial charge in [-0.2, -0.15) is 4.52 Å². The Balaban J connectivity index is 1.47. The van der Waals surface area contributed by atoms with E-state index in [0.29, 0.717) is 52.3 Å². The molecule has 5 rings (SSSR count). The molecule has 0 fully saturated rings. The van der Waals surface area contributed by atoms with Crippen LogP contribution in [0.2, 0.25) is 0 Å². The van der Waals surface area contributed by atoms with Crippen molar-refractivity contribution in [3.8, 4) is 17.2 Å². The number of para-hydroxylation sites is 1. The number of nitrogens with zero attached hydrogens (tertiary/aromatic N) is 5. The number of benzene rings is 3. The molecule has 11 nitrogen and oxygen atoms in total. The van der Waals surface area contributed by atoms with Crippen molar-refractivity contribution in [2.45, 2.75) is 32.5 Å². The number of carbonyl (C=O) groups is 1. The van der Waals surface area contributed by atoms with Crippen molar-refractivity contribution in [1.82, 2.24) is 24.5 Å². The number of hydrogen-bond donors (Lipinski definition) is 2. The smallest absolute Gasteiger partial charge is 0.254 e. The van der Waals surface area contributed by atoms with Crippen LogP contribution in [-0.2, 0) is 18.7 Å². The first-order chi connectivity index (χ1) is 20.1. The number of amides is 1. The number of anilines is 1. The van der Waals surface area contributed by atoms with Gasteiger partial charge in [0.05, 0.1) is 33.5 Å². The highest BCUT2D eigenvalue weighted by Crippen LogP contribution is 2.30. The molecule has 0 atom stereocenters. The first-order valence-electron chi connectivity index (χ1n) is 13.4. The fourth-order valence-corrected chi connectivity index (χ4v) is 4.69. The first-order valence-corrected chi connectivity index (χ1v) is 13.4. The lowest BCUT2D eigenvalue weighted by Gasteiger charge is -2.19. The maximum Gasteiger partial charge on any atom is 0.254 e. The fourth-order valence-electron chi connectivity index (χ4n) is 4.69. The van der Waals surface area contributed by atoms with Crippen LogP contribution in [-0.4, -0.2) is 63.9 Å². The van der Waals surface area contributed by atoms with Crippen LogP contribution in [0.1, 0.15) is 41.2 Å². The Morgan fingerprint density at radius 3 is 2.38 bits per heavy atom. The minimum absolute atomic E-state index is 0.172. The quantitative estimate of drug-likeness (QED) is 0.251. The molecule has 0 radical (unpaired) electrons. The van der Waals surface area contributed by atoms with Gasteiger partial charge >= 0.3 is 0 Å². The molecule has 0 aliphatic heterocycles. The van der Waals surface area contributed by atoms with Gasteiger partial charge in [-0.25, -0.2) is 9.97 Å². The van der Waals surface area contributed by atoms with Crippen LogP contribution in [0, 0.1) is 0 Å². The highest BCUT2D eigenvalue weighted by Gasteiger charge is 2.21. The number of rotatable bonds is 10. The Hall–Kier alpha value is -4.90. The lowest BCUT2D eigenvalue weighted by atomic mass is 9.97. The summed E-state index contributed by atoms with van der Waals surface area (Å²) >= 11 is 0. The average Bonchev–Trinajstić information content (AvgIpc) is 3.42. The number of hydrogen-bond acceptors (Lipinski definition) is 9. The van der Waals surface area contributed by atoms with Crippen LogP contribution in [0.3, 0.4) is 0 Å². The number of carbonyl (C=O) groups excluding carboxylic acids is 1. The second kappa shape index (κ2) is 11.5. The van der Waals surface area contributed by atoms with Crippen molar-refractivity contribution >= 4 is 28.4 Å². The number of aromatic nitrogens is 4. The molecule has 0 saturated heterocycles. The van der Waals surface area contributed by atoms with E-state index >= 15 is 0 Å². The third kappa shape index (κ3) is 5.64. The van der Waals surface area contributed by atoms with Gasteiger partial charge in [-0.15, -0.1) is 5.10 Å². The summed E-state index contributed by atoms with van der Waals surface area (Å²) in [5.74, 6) is 2.68. The number of fused-ring (bicyclic) bond motifs is 3. The van der Waals surface area contributed by atoms with E-state index < -0.39 is 5.60 Å². The summed E-state index contributed by atoms with van der Waals surface area (Å²) in [7, 11) is 6.52. The normalized spacial score (nSPS) is 11.5. The summed E-state index contributed by atoms with van der Waals surface area (Å²) in [6, 6.07) is 18.2. The topological polar surface area (TPSA) is 123 Å². The summed E-state index contributed by atoms with van der Waals surface area (Å²) < 4.78 is 18.1. The van der Waals surface area contributed by atoms with Crippen molar-refractivity contribution in [2.24, 2.45) is 0 Å². The molecule has 0 aliphatic rings. The zero-order chi connectivity index (χ0) is 30.0. The molecule has 5 aromatic rings. The van der Waals surface area contributed by atoms with Crippen molar-refractivity contribution in [2.75, 3.05) is 33.7 Å². The molecule has 3 aromatic carbocycles. The monoisotopic (exact) mass is 570 g/mol. The second-order valence-electron chi connectivity index (χ2n) is 10.4. The average molecular weight is 571 g/mol. The van der Waals surface area contributed by atoms with Crippen LogP contribution < -0.4 is 19.5 Å². The maximum absolute atomic E-state index is 13.2. The van der Waals surface area contributed by atoms with Gasteiger partial charge in [0.15, 0.2) is 11.5 Å². The molecule has 0 bridgehead atoms. The van der Waals surface area contributed by atoms with E-state index in [-0.39, 0.29) is 12.5 Å². The highest BCUT2D eigenvalue weighted by atomic mass is 16.5. The van der Waals surface area contributed by atoms with Crippen LogP contribution >= 0.6 is 0 Å². The van der Waals surface area contributed by atoms with Crippen molar-refractivity contribution in [3.63, 3.8) is 0 Å². The molecule has 2 heterocycles. The SMILES string of the molecule is COc1ccc(CNc2nc3c(OC)cccc3c3nc(CN(C)C(=O)c4ccc(C(C)(C)O)cc4)nn23)c(OC)c1. The third-order valence-corrected chi connectivity index (χ3v) is 7.02. The van der Waals surface area contributed by atoms with E-state index in [2.05, 4.69) is 5.32 Å². The van der Waals surface area contributed by atoms with E-state index in [1.54, 1.807) is 75.9 Å². The van der Waals surface area contributed by atoms with E-state index in [4.69, 9.17) is 29.3 Å². The van der Waals surface area contributed by atoms with E-state index in [1.807, 2.05) is 36.4 Å². The van der Waals surface area contributed by atoms with Gasteiger partial charge in [-0.1, -0.05) is 18.2 Å². The summed E-state index contributed by atoms with van der Waals surface area (Å²) in [5.41, 5.74) is 2.35. The Morgan fingerprint density at radius 2 is 1.71 bits per heavy atom.